The molecule has 3 aliphatic heterocycles. The molecule has 0 radical (unpaired) electrons. The molecule has 2 aromatic rings. The van der Waals surface area contributed by atoms with Crippen LogP contribution < -0.4 is 0 Å². The highest BCUT2D eigenvalue weighted by Gasteiger charge is 2.48. The van der Waals surface area contributed by atoms with Gasteiger partial charge in [0.25, 0.3) is 0 Å². The van der Waals surface area contributed by atoms with Crippen LogP contribution in [-0.2, 0) is 15.1 Å². The molecule has 2 amide bonds. The zero-order valence-corrected chi connectivity index (χ0v) is 23.0. The van der Waals surface area contributed by atoms with E-state index in [1.54, 1.807) is 0 Å². The number of ether oxygens (including phenoxy) is 1. The predicted molar refractivity (Wildman–Crippen MR) is 144 cm³/mol. The zero-order chi connectivity index (χ0) is 27.9. The highest BCUT2D eigenvalue weighted by atomic mass is 19.1. The molecule has 2 bridgehead atoms. The second-order valence-electron chi connectivity index (χ2n) is 11.9. The molecule has 7 nitrogen and oxygen atoms in total. The molecule has 5 rings (SSSR count). The molecule has 2 unspecified atom stereocenters. The van der Waals surface area contributed by atoms with E-state index in [0.717, 1.165) is 49.7 Å². The largest absolute Gasteiger partial charge is 0.444 e. The number of hydrogen-bond acceptors (Lipinski definition) is 5. The summed E-state index contributed by atoms with van der Waals surface area (Å²) >= 11 is 0. The summed E-state index contributed by atoms with van der Waals surface area (Å²) in [5.41, 5.74) is 0.0266. The van der Waals surface area contributed by atoms with Crippen LogP contribution >= 0.6 is 0 Å². The lowest BCUT2D eigenvalue weighted by molar-refractivity contribution is -0.135. The second-order valence-corrected chi connectivity index (χ2v) is 11.9. The summed E-state index contributed by atoms with van der Waals surface area (Å²) in [4.78, 5) is 29.8. The van der Waals surface area contributed by atoms with Gasteiger partial charge in [-0.25, -0.2) is 18.6 Å². The molecular formula is C30H36F2N4O3. The summed E-state index contributed by atoms with van der Waals surface area (Å²) in [6, 6.07) is 13.4. The Morgan fingerprint density at radius 1 is 1.08 bits per heavy atom. The third-order valence-corrected chi connectivity index (χ3v) is 7.95. The van der Waals surface area contributed by atoms with Gasteiger partial charge in [0.15, 0.2) is 0 Å². The number of benzene rings is 2. The minimum atomic E-state index is -0.803. The van der Waals surface area contributed by atoms with Gasteiger partial charge >= 0.3 is 6.09 Å². The van der Waals surface area contributed by atoms with Crippen LogP contribution in [0.2, 0.25) is 0 Å². The molecule has 3 heterocycles. The Labute approximate surface area is 228 Å². The van der Waals surface area contributed by atoms with Crippen LogP contribution in [-0.4, -0.2) is 69.8 Å². The molecule has 0 spiro atoms. The maximum absolute atomic E-state index is 14.7. The first-order valence-corrected chi connectivity index (χ1v) is 13.6. The minimum absolute atomic E-state index is 0.0816. The number of hydrazone groups is 1. The maximum Gasteiger partial charge on any atom is 0.410 e. The fourth-order valence-electron chi connectivity index (χ4n) is 6.30. The van der Waals surface area contributed by atoms with Gasteiger partial charge in [-0.05, 0) is 70.3 Å². The monoisotopic (exact) mass is 538 g/mol. The Kier molecular flexibility index (Phi) is 7.22. The summed E-state index contributed by atoms with van der Waals surface area (Å²) in [6.07, 6.45) is 2.33. The molecule has 0 N–H and O–H groups in total. The SMILES string of the molecule is CC(=O)N1N=C(c2cc(F)ccc2F)C[C@]1(CCCN1CC2CC1CN2C(=O)OC(C)(C)C)c1ccccc1. The van der Waals surface area contributed by atoms with Crippen molar-refractivity contribution in [2.24, 2.45) is 5.10 Å². The lowest BCUT2D eigenvalue weighted by Crippen LogP contribution is -2.50. The van der Waals surface area contributed by atoms with Crippen LogP contribution in [0, 0.1) is 11.6 Å². The first-order chi connectivity index (χ1) is 18.5. The van der Waals surface area contributed by atoms with Crippen molar-refractivity contribution in [1.29, 1.82) is 0 Å². The Balaban J connectivity index is 1.32. The number of nitrogens with zero attached hydrogens (tertiary/aromatic N) is 4. The summed E-state index contributed by atoms with van der Waals surface area (Å²) < 4.78 is 34.4. The van der Waals surface area contributed by atoms with E-state index >= 15 is 0 Å². The molecule has 3 aliphatic rings. The van der Waals surface area contributed by atoms with E-state index in [1.807, 2.05) is 56.0 Å². The average Bonchev–Trinajstić information content (AvgIpc) is 3.58. The number of carbonyl (C=O) groups is 2. The Morgan fingerprint density at radius 2 is 1.82 bits per heavy atom. The number of carbonyl (C=O) groups excluding carboxylic acids is 2. The normalized spacial score (nSPS) is 24.8. The fraction of sp³-hybridized carbons (Fsp3) is 0.500. The number of piperazine rings is 1. The molecular weight excluding hydrogens is 502 g/mol. The van der Waals surface area contributed by atoms with Gasteiger partial charge in [0, 0.05) is 44.1 Å². The molecule has 0 aromatic heterocycles. The van der Waals surface area contributed by atoms with Crippen molar-refractivity contribution in [3.05, 3.63) is 71.3 Å². The van der Waals surface area contributed by atoms with Crippen LogP contribution in [0.5, 0.6) is 0 Å². The van der Waals surface area contributed by atoms with E-state index in [9.17, 15) is 18.4 Å². The molecule has 0 saturated carbocycles. The number of halogens is 2. The van der Waals surface area contributed by atoms with E-state index < -0.39 is 22.8 Å². The standard InChI is InChI=1S/C30H36F2N4O3/c1-20(37)36-30(21-9-6-5-7-10-21,17-27(33-36)25-15-22(31)11-12-26(25)32)13-8-14-34-18-24-16-23(34)19-35(24)28(38)39-29(2,3)4/h5-7,9-12,15,23-24H,8,13-14,16-19H2,1-4H3/t23?,24?,30-/m1/s1. The smallest absolute Gasteiger partial charge is 0.410 e. The van der Waals surface area contributed by atoms with E-state index in [0.29, 0.717) is 18.7 Å². The lowest BCUT2D eigenvalue weighted by atomic mass is 9.80. The van der Waals surface area contributed by atoms with Crippen molar-refractivity contribution in [3.8, 4) is 0 Å². The van der Waals surface area contributed by atoms with Crippen molar-refractivity contribution in [2.45, 2.75) is 76.6 Å². The number of fused-ring (bicyclic) bond motifs is 2. The molecule has 2 fully saturated rings. The predicted octanol–water partition coefficient (Wildman–Crippen LogP) is 5.29. The van der Waals surface area contributed by atoms with Crippen molar-refractivity contribution < 1.29 is 23.1 Å². The van der Waals surface area contributed by atoms with Gasteiger partial charge in [-0.15, -0.1) is 0 Å². The highest BCUT2D eigenvalue weighted by Crippen LogP contribution is 2.44. The van der Waals surface area contributed by atoms with E-state index in [2.05, 4.69) is 10.0 Å². The third kappa shape index (κ3) is 5.41. The van der Waals surface area contributed by atoms with E-state index in [4.69, 9.17) is 4.74 Å². The lowest BCUT2D eigenvalue weighted by Gasteiger charge is -2.38. The average molecular weight is 539 g/mol. The van der Waals surface area contributed by atoms with Gasteiger partial charge in [0.05, 0.1) is 11.3 Å². The minimum Gasteiger partial charge on any atom is -0.444 e. The summed E-state index contributed by atoms with van der Waals surface area (Å²) in [7, 11) is 0. The van der Waals surface area contributed by atoms with Crippen LogP contribution in [0.15, 0.2) is 53.6 Å². The number of amides is 2. The third-order valence-electron chi connectivity index (χ3n) is 7.95. The van der Waals surface area contributed by atoms with Crippen molar-refractivity contribution in [2.75, 3.05) is 19.6 Å². The number of rotatable bonds is 6. The van der Waals surface area contributed by atoms with Gasteiger partial charge in [0.2, 0.25) is 5.91 Å². The highest BCUT2D eigenvalue weighted by molar-refractivity contribution is 6.04. The maximum atomic E-state index is 14.7. The zero-order valence-electron chi connectivity index (χ0n) is 23.0. The molecule has 39 heavy (non-hydrogen) atoms. The summed E-state index contributed by atoms with van der Waals surface area (Å²) in [6.45, 7) is 9.31. The van der Waals surface area contributed by atoms with Crippen molar-refractivity contribution in [3.63, 3.8) is 0 Å². The quantitative estimate of drug-likeness (QED) is 0.501. The van der Waals surface area contributed by atoms with Crippen LogP contribution in [0.25, 0.3) is 0 Å². The first-order valence-electron chi connectivity index (χ1n) is 13.6. The van der Waals surface area contributed by atoms with Gasteiger partial charge in [-0.2, -0.15) is 5.10 Å². The first kappa shape index (κ1) is 27.2. The van der Waals surface area contributed by atoms with E-state index in [1.165, 1.54) is 11.9 Å². The van der Waals surface area contributed by atoms with Crippen LogP contribution in [0.3, 0.4) is 0 Å². The van der Waals surface area contributed by atoms with Crippen molar-refractivity contribution >= 4 is 17.7 Å². The van der Waals surface area contributed by atoms with Crippen LogP contribution in [0.4, 0.5) is 13.6 Å². The summed E-state index contributed by atoms with van der Waals surface area (Å²) in [5.74, 6) is -1.37. The van der Waals surface area contributed by atoms with Crippen molar-refractivity contribution in [1.82, 2.24) is 14.8 Å². The fourth-order valence-corrected chi connectivity index (χ4v) is 6.30. The Hall–Kier alpha value is -3.33. The van der Waals surface area contributed by atoms with Gasteiger partial charge in [-0.3, -0.25) is 9.69 Å². The Morgan fingerprint density at radius 3 is 2.46 bits per heavy atom. The van der Waals surface area contributed by atoms with Crippen LogP contribution in [0.1, 0.15) is 64.5 Å². The second kappa shape index (κ2) is 10.3. The van der Waals surface area contributed by atoms with E-state index in [-0.39, 0.29) is 36.1 Å². The number of hydrogen-bond donors (Lipinski definition) is 0. The van der Waals surface area contributed by atoms with Gasteiger partial charge in [0.1, 0.15) is 17.2 Å². The molecule has 0 aliphatic carbocycles. The summed E-state index contributed by atoms with van der Waals surface area (Å²) in [5, 5.41) is 6.02. The molecule has 2 aromatic carbocycles. The topological polar surface area (TPSA) is 65.5 Å². The molecule has 2 saturated heterocycles. The number of likely N-dealkylation sites (tertiary alicyclic amines) is 2. The van der Waals surface area contributed by atoms with Gasteiger partial charge < -0.3 is 9.64 Å². The van der Waals surface area contributed by atoms with Gasteiger partial charge in [-0.1, -0.05) is 30.3 Å². The molecule has 208 valence electrons. The molecule has 9 heteroatoms. The molecule has 3 atom stereocenters. The Bertz CT molecular complexity index is 1280.